The van der Waals surface area contributed by atoms with Crippen LogP contribution in [-0.4, -0.2) is 14.7 Å². The third kappa shape index (κ3) is 4.08. The summed E-state index contributed by atoms with van der Waals surface area (Å²) in [4.78, 5) is 0. The Kier molecular flexibility index (Phi) is 4.74. The molecule has 3 nitrogen and oxygen atoms in total. The van der Waals surface area contributed by atoms with Crippen LogP contribution in [-0.2, 0) is 16.6 Å². The smallest absolute Gasteiger partial charge is 0.232 e. The Labute approximate surface area is 134 Å². The van der Waals surface area contributed by atoms with Gasteiger partial charge in [0.05, 0.1) is 18.5 Å². The predicted octanol–water partition coefficient (Wildman–Crippen LogP) is 4.03. The van der Waals surface area contributed by atoms with E-state index < -0.39 is 10.0 Å². The quantitative estimate of drug-likeness (QED) is 0.817. The Bertz CT molecular complexity index is 739. The molecule has 0 radical (unpaired) electrons. The lowest BCUT2D eigenvalue weighted by molar-refractivity contribution is 0.596. The van der Waals surface area contributed by atoms with Gasteiger partial charge in [0.25, 0.3) is 0 Å². The van der Waals surface area contributed by atoms with Crippen LogP contribution >= 0.6 is 15.9 Å². The zero-order chi connectivity index (χ0) is 15.6. The van der Waals surface area contributed by atoms with Gasteiger partial charge < -0.3 is 0 Å². The number of halogens is 1. The number of hydrogen-bond donors (Lipinski definition) is 0. The second-order valence-corrected chi connectivity index (χ2v) is 8.01. The summed E-state index contributed by atoms with van der Waals surface area (Å²) in [6, 6.07) is 13.5. The third-order valence-corrected chi connectivity index (χ3v) is 4.93. The number of nitrogens with zero attached hydrogens (tertiary/aromatic N) is 1. The number of rotatable bonds is 4. The average molecular weight is 368 g/mol. The van der Waals surface area contributed by atoms with E-state index >= 15 is 0 Å². The molecular formula is C16H18BrNO2S. The van der Waals surface area contributed by atoms with Crippen molar-refractivity contribution in [3.63, 3.8) is 0 Å². The van der Waals surface area contributed by atoms with E-state index in [-0.39, 0.29) is 0 Å². The highest BCUT2D eigenvalue weighted by molar-refractivity contribution is 9.10. The van der Waals surface area contributed by atoms with Gasteiger partial charge in [0.15, 0.2) is 0 Å². The lowest BCUT2D eigenvalue weighted by atomic mass is 10.1. The molecule has 0 aliphatic heterocycles. The molecule has 5 heteroatoms. The zero-order valence-electron chi connectivity index (χ0n) is 12.3. The normalized spacial score (nSPS) is 11.4. The van der Waals surface area contributed by atoms with Crippen molar-refractivity contribution in [1.29, 1.82) is 0 Å². The summed E-state index contributed by atoms with van der Waals surface area (Å²) in [5.41, 5.74) is 3.67. The summed E-state index contributed by atoms with van der Waals surface area (Å²) in [7, 11) is -3.34. The van der Waals surface area contributed by atoms with E-state index in [0.717, 1.165) is 26.9 Å². The number of aryl methyl sites for hydroxylation is 2. The molecule has 21 heavy (non-hydrogen) atoms. The number of anilines is 1. The van der Waals surface area contributed by atoms with E-state index in [1.807, 2.05) is 56.3 Å². The van der Waals surface area contributed by atoms with Crippen LogP contribution < -0.4 is 4.31 Å². The number of benzene rings is 2. The predicted molar refractivity (Wildman–Crippen MR) is 91.1 cm³/mol. The first-order chi connectivity index (χ1) is 9.77. The van der Waals surface area contributed by atoms with Gasteiger partial charge in [-0.2, -0.15) is 0 Å². The molecule has 0 aliphatic carbocycles. The maximum Gasteiger partial charge on any atom is 0.232 e. The topological polar surface area (TPSA) is 37.4 Å². The Morgan fingerprint density at radius 2 is 1.67 bits per heavy atom. The molecule has 112 valence electrons. The highest BCUT2D eigenvalue weighted by atomic mass is 79.9. The average Bonchev–Trinajstić information content (AvgIpc) is 2.40. The first kappa shape index (κ1) is 16.0. The van der Waals surface area contributed by atoms with Crippen molar-refractivity contribution in [2.75, 3.05) is 10.6 Å². The lowest BCUT2D eigenvalue weighted by Crippen LogP contribution is -2.30. The molecule has 0 bridgehead atoms. The van der Waals surface area contributed by atoms with Crippen LogP contribution in [0.15, 0.2) is 46.9 Å². The second-order valence-electron chi connectivity index (χ2n) is 5.19. The molecule has 0 heterocycles. The Morgan fingerprint density at radius 3 is 2.24 bits per heavy atom. The van der Waals surface area contributed by atoms with Crippen molar-refractivity contribution in [1.82, 2.24) is 0 Å². The summed E-state index contributed by atoms with van der Waals surface area (Å²) in [5.74, 6) is 0. The third-order valence-electron chi connectivity index (χ3n) is 3.27. The van der Waals surface area contributed by atoms with E-state index in [0.29, 0.717) is 6.54 Å². The van der Waals surface area contributed by atoms with Gasteiger partial charge in [-0.15, -0.1) is 0 Å². The fraction of sp³-hybridized carbons (Fsp3) is 0.250. The fourth-order valence-electron chi connectivity index (χ4n) is 2.12. The van der Waals surface area contributed by atoms with Gasteiger partial charge in [-0.1, -0.05) is 40.2 Å². The van der Waals surface area contributed by atoms with Crippen LogP contribution in [0.4, 0.5) is 5.69 Å². The van der Waals surface area contributed by atoms with Crippen molar-refractivity contribution in [2.45, 2.75) is 20.4 Å². The minimum atomic E-state index is -3.34. The summed E-state index contributed by atoms with van der Waals surface area (Å²) in [6.45, 7) is 4.22. The van der Waals surface area contributed by atoms with Crippen LogP contribution in [0.3, 0.4) is 0 Å². The van der Waals surface area contributed by atoms with E-state index in [2.05, 4.69) is 15.9 Å². The molecule has 0 fully saturated rings. The van der Waals surface area contributed by atoms with Crippen molar-refractivity contribution >= 4 is 31.6 Å². The van der Waals surface area contributed by atoms with Gasteiger partial charge >= 0.3 is 0 Å². The minimum absolute atomic E-state index is 0.330. The second kappa shape index (κ2) is 6.20. The van der Waals surface area contributed by atoms with E-state index in [1.54, 1.807) is 0 Å². The molecule has 0 N–H and O–H groups in total. The van der Waals surface area contributed by atoms with Crippen molar-refractivity contribution in [2.24, 2.45) is 0 Å². The summed E-state index contributed by atoms with van der Waals surface area (Å²) >= 11 is 3.39. The molecule has 2 rings (SSSR count). The van der Waals surface area contributed by atoms with Crippen LogP contribution in [0.5, 0.6) is 0 Å². The Hall–Kier alpha value is -1.33. The number of sulfonamides is 1. The zero-order valence-corrected chi connectivity index (χ0v) is 14.7. The maximum atomic E-state index is 12.2. The maximum absolute atomic E-state index is 12.2. The van der Waals surface area contributed by atoms with E-state index in [9.17, 15) is 8.42 Å². The molecule has 0 unspecified atom stereocenters. The van der Waals surface area contributed by atoms with E-state index in [1.165, 1.54) is 10.6 Å². The largest absolute Gasteiger partial charge is 0.266 e. The molecule has 0 aliphatic rings. The highest BCUT2D eigenvalue weighted by Crippen LogP contribution is 2.26. The molecule has 2 aromatic rings. The van der Waals surface area contributed by atoms with Gasteiger partial charge in [0, 0.05) is 4.47 Å². The SMILES string of the molecule is Cc1ccc(C)c(N(Cc2ccc(Br)cc2)S(C)(=O)=O)c1. The van der Waals surface area contributed by atoms with E-state index in [4.69, 9.17) is 0 Å². The lowest BCUT2D eigenvalue weighted by Gasteiger charge is -2.24. The standard InChI is InChI=1S/C16H18BrNO2S/c1-12-4-5-13(2)16(10-12)18(21(3,19)20)11-14-6-8-15(17)9-7-14/h4-10H,11H2,1-3H3. The van der Waals surface area contributed by atoms with Gasteiger partial charge in [-0.3, -0.25) is 4.31 Å². The molecule has 0 saturated carbocycles. The van der Waals surface area contributed by atoms with Crippen LogP contribution in [0.1, 0.15) is 16.7 Å². The van der Waals surface area contributed by atoms with Gasteiger partial charge in [-0.25, -0.2) is 8.42 Å². The van der Waals surface area contributed by atoms with Crippen molar-refractivity contribution in [3.05, 3.63) is 63.6 Å². The highest BCUT2D eigenvalue weighted by Gasteiger charge is 2.19. The molecule has 0 saturated heterocycles. The van der Waals surface area contributed by atoms with Gasteiger partial charge in [-0.05, 0) is 48.7 Å². The van der Waals surface area contributed by atoms with Crippen LogP contribution in [0, 0.1) is 13.8 Å². The molecule has 2 aromatic carbocycles. The summed E-state index contributed by atoms with van der Waals surface area (Å²) in [5, 5.41) is 0. The molecule has 0 atom stereocenters. The van der Waals surface area contributed by atoms with Gasteiger partial charge in [0.1, 0.15) is 0 Å². The number of hydrogen-bond acceptors (Lipinski definition) is 2. The summed E-state index contributed by atoms with van der Waals surface area (Å²) < 4.78 is 26.8. The molecule has 0 amide bonds. The van der Waals surface area contributed by atoms with Crippen LogP contribution in [0.25, 0.3) is 0 Å². The van der Waals surface area contributed by atoms with Crippen LogP contribution in [0.2, 0.25) is 0 Å². The first-order valence-electron chi connectivity index (χ1n) is 6.57. The Morgan fingerprint density at radius 1 is 1.05 bits per heavy atom. The Balaban J connectivity index is 2.44. The minimum Gasteiger partial charge on any atom is -0.266 e. The van der Waals surface area contributed by atoms with Gasteiger partial charge in [0.2, 0.25) is 10.0 Å². The molecular weight excluding hydrogens is 350 g/mol. The van der Waals surface area contributed by atoms with Crippen molar-refractivity contribution < 1.29 is 8.42 Å². The monoisotopic (exact) mass is 367 g/mol. The molecule has 0 aromatic heterocycles. The summed E-state index contributed by atoms with van der Waals surface area (Å²) in [6.07, 6.45) is 1.24. The molecule has 0 spiro atoms. The fourth-order valence-corrected chi connectivity index (χ4v) is 3.33. The van der Waals surface area contributed by atoms with Crippen molar-refractivity contribution in [3.8, 4) is 0 Å². The first-order valence-corrected chi connectivity index (χ1v) is 9.21.